The Hall–Kier alpha value is -4.15. The second-order valence-corrected chi connectivity index (χ2v) is 6.49. The number of nitrogens with zero attached hydrogens (tertiary/aromatic N) is 4. The van der Waals surface area contributed by atoms with E-state index in [-0.39, 0.29) is 5.69 Å². The van der Waals surface area contributed by atoms with Gasteiger partial charge in [-0.3, -0.25) is 9.67 Å². The maximum atomic E-state index is 12.4. The van der Waals surface area contributed by atoms with Gasteiger partial charge in [-0.2, -0.15) is 5.10 Å². The van der Waals surface area contributed by atoms with Crippen LogP contribution < -0.4 is 15.4 Å². The molecule has 2 amide bonds. The molecule has 2 aromatic heterocycles. The summed E-state index contributed by atoms with van der Waals surface area (Å²) in [5.41, 5.74) is 2.98. The fourth-order valence-corrected chi connectivity index (χ4v) is 2.83. The van der Waals surface area contributed by atoms with Crippen LogP contribution in [0.4, 0.5) is 29.3 Å². The van der Waals surface area contributed by atoms with Gasteiger partial charge in [0.05, 0.1) is 17.2 Å². The van der Waals surface area contributed by atoms with E-state index in [0.29, 0.717) is 28.1 Å². The minimum atomic E-state index is -4.82. The highest BCUT2D eigenvalue weighted by Gasteiger charge is 2.31. The number of carbonyl (C=O) groups excluding carboxylic acids is 1. The van der Waals surface area contributed by atoms with E-state index in [1.54, 1.807) is 42.3 Å². The lowest BCUT2D eigenvalue weighted by molar-refractivity contribution is -0.274. The molecule has 4 aromatic rings. The van der Waals surface area contributed by atoms with Crippen LogP contribution in [-0.4, -0.2) is 32.1 Å². The van der Waals surface area contributed by atoms with Gasteiger partial charge in [0, 0.05) is 30.7 Å². The summed E-state index contributed by atoms with van der Waals surface area (Å²) < 4.78 is 42.5. The molecule has 0 radical (unpaired) electrons. The third kappa shape index (κ3) is 5.07. The number of rotatable bonds is 4. The van der Waals surface area contributed by atoms with Gasteiger partial charge in [-0.05, 0) is 36.4 Å². The number of ether oxygens (including phenoxy) is 1. The van der Waals surface area contributed by atoms with Crippen LogP contribution in [0, 0.1) is 0 Å². The number of carbonyl (C=O) groups is 1. The summed E-state index contributed by atoms with van der Waals surface area (Å²) in [6.07, 6.45) is -1.42. The fourth-order valence-electron chi connectivity index (χ4n) is 2.83. The summed E-state index contributed by atoms with van der Waals surface area (Å²) in [6, 6.07) is 11.1. The van der Waals surface area contributed by atoms with Crippen LogP contribution in [0.25, 0.3) is 22.4 Å². The van der Waals surface area contributed by atoms with Gasteiger partial charge in [0.15, 0.2) is 0 Å². The van der Waals surface area contributed by atoms with Gasteiger partial charge in [0.1, 0.15) is 17.1 Å². The van der Waals surface area contributed by atoms with Crippen molar-refractivity contribution in [3.05, 3.63) is 60.9 Å². The van der Waals surface area contributed by atoms with Crippen molar-refractivity contribution >= 4 is 28.4 Å². The molecule has 4 rings (SSSR count). The number of fused-ring (bicyclic) bond motifs is 1. The van der Waals surface area contributed by atoms with Gasteiger partial charge in [-0.15, -0.1) is 13.2 Å². The third-order valence-corrected chi connectivity index (χ3v) is 4.10. The molecule has 0 bridgehead atoms. The molecule has 11 heteroatoms. The molecule has 0 aliphatic heterocycles. The molecule has 0 aliphatic rings. The SMILES string of the molecule is Cn1ccc(-c2cnc3ccc(NC(=O)Nc4cccc(OC(F)(F)F)c4)cc3n2)n1. The van der Waals surface area contributed by atoms with Crippen molar-refractivity contribution in [2.45, 2.75) is 6.36 Å². The lowest BCUT2D eigenvalue weighted by atomic mass is 10.2. The van der Waals surface area contributed by atoms with Crippen LogP contribution in [0.3, 0.4) is 0 Å². The molecular weight excluding hydrogens is 413 g/mol. The molecule has 31 heavy (non-hydrogen) atoms. The van der Waals surface area contributed by atoms with Gasteiger partial charge in [-0.1, -0.05) is 6.07 Å². The molecule has 0 aliphatic carbocycles. The Balaban J connectivity index is 1.49. The number of urea groups is 1. The number of alkyl halides is 3. The zero-order valence-electron chi connectivity index (χ0n) is 16.0. The molecule has 2 aromatic carbocycles. The monoisotopic (exact) mass is 428 g/mol. The molecule has 8 nitrogen and oxygen atoms in total. The normalized spacial score (nSPS) is 11.4. The predicted molar refractivity (Wildman–Crippen MR) is 108 cm³/mol. The molecule has 0 atom stereocenters. The van der Waals surface area contributed by atoms with Gasteiger partial charge in [0.25, 0.3) is 0 Å². The minimum Gasteiger partial charge on any atom is -0.406 e. The third-order valence-electron chi connectivity index (χ3n) is 4.10. The highest BCUT2D eigenvalue weighted by molar-refractivity contribution is 6.00. The number of aromatic nitrogens is 4. The number of benzene rings is 2. The number of aryl methyl sites for hydroxylation is 1. The molecule has 2 N–H and O–H groups in total. The van der Waals surface area contributed by atoms with Crippen molar-refractivity contribution in [3.8, 4) is 17.1 Å². The maximum absolute atomic E-state index is 12.4. The second-order valence-electron chi connectivity index (χ2n) is 6.49. The van der Waals surface area contributed by atoms with Gasteiger partial charge in [0.2, 0.25) is 0 Å². The van der Waals surface area contributed by atoms with Gasteiger partial charge < -0.3 is 15.4 Å². The molecular formula is C20H15F3N6O2. The van der Waals surface area contributed by atoms with Crippen LogP contribution in [0.15, 0.2) is 60.9 Å². The van der Waals surface area contributed by atoms with E-state index in [4.69, 9.17) is 0 Å². The number of hydrogen-bond acceptors (Lipinski definition) is 5. The van der Waals surface area contributed by atoms with E-state index in [0.717, 1.165) is 12.1 Å². The molecule has 2 heterocycles. The van der Waals surface area contributed by atoms with Crippen LogP contribution in [-0.2, 0) is 7.05 Å². The second kappa shape index (κ2) is 7.94. The quantitative estimate of drug-likeness (QED) is 0.497. The topological polar surface area (TPSA) is 94.0 Å². The summed E-state index contributed by atoms with van der Waals surface area (Å²) in [5.74, 6) is -0.437. The van der Waals surface area contributed by atoms with Crippen LogP contribution in [0.1, 0.15) is 0 Å². The molecule has 0 fully saturated rings. The summed E-state index contributed by atoms with van der Waals surface area (Å²) in [5, 5.41) is 9.36. The number of anilines is 2. The van der Waals surface area contributed by atoms with E-state index in [9.17, 15) is 18.0 Å². The average molecular weight is 428 g/mol. The lowest BCUT2D eigenvalue weighted by Crippen LogP contribution is -2.20. The number of halogens is 3. The molecule has 0 saturated carbocycles. The van der Waals surface area contributed by atoms with Crippen molar-refractivity contribution < 1.29 is 22.7 Å². The first-order valence-corrected chi connectivity index (χ1v) is 8.96. The standard InChI is InChI=1S/C20H15F3N6O2/c1-29-8-7-16(28-29)18-11-24-15-6-5-13(10-17(15)27-18)26-19(30)25-12-3-2-4-14(9-12)31-20(21,22)23/h2-11H,1H3,(H2,25,26,30). The average Bonchev–Trinajstić information content (AvgIpc) is 3.12. The van der Waals surface area contributed by atoms with E-state index < -0.39 is 18.1 Å². The Labute approximate surface area is 173 Å². The molecule has 0 unspecified atom stereocenters. The van der Waals surface area contributed by atoms with E-state index in [1.165, 1.54) is 12.1 Å². The lowest BCUT2D eigenvalue weighted by Gasteiger charge is -2.11. The predicted octanol–water partition coefficient (Wildman–Crippen LogP) is 4.57. The largest absolute Gasteiger partial charge is 0.573 e. The Morgan fingerprint density at radius 3 is 2.48 bits per heavy atom. The fraction of sp³-hybridized carbons (Fsp3) is 0.100. The van der Waals surface area contributed by atoms with E-state index in [1.807, 2.05) is 6.07 Å². The van der Waals surface area contributed by atoms with Gasteiger partial charge in [-0.25, -0.2) is 9.78 Å². The molecule has 158 valence electrons. The van der Waals surface area contributed by atoms with Crippen molar-refractivity contribution in [3.63, 3.8) is 0 Å². The number of amides is 2. The zero-order chi connectivity index (χ0) is 22.0. The summed E-state index contributed by atoms with van der Waals surface area (Å²) in [7, 11) is 1.80. The first-order chi connectivity index (χ1) is 14.7. The van der Waals surface area contributed by atoms with Crippen LogP contribution in [0.2, 0.25) is 0 Å². The summed E-state index contributed by atoms with van der Waals surface area (Å²) >= 11 is 0. The zero-order valence-corrected chi connectivity index (χ0v) is 16.0. The number of nitrogens with one attached hydrogen (secondary N) is 2. The van der Waals surface area contributed by atoms with Crippen LogP contribution >= 0.6 is 0 Å². The first kappa shape index (κ1) is 20.1. The minimum absolute atomic E-state index is 0.136. The molecule has 0 saturated heterocycles. The number of hydrogen-bond donors (Lipinski definition) is 2. The summed E-state index contributed by atoms with van der Waals surface area (Å²) in [4.78, 5) is 21.1. The summed E-state index contributed by atoms with van der Waals surface area (Å²) in [6.45, 7) is 0. The van der Waals surface area contributed by atoms with E-state index in [2.05, 4.69) is 30.4 Å². The highest BCUT2D eigenvalue weighted by Crippen LogP contribution is 2.25. The Kier molecular flexibility index (Phi) is 5.15. The Morgan fingerprint density at radius 2 is 1.77 bits per heavy atom. The smallest absolute Gasteiger partial charge is 0.406 e. The van der Waals surface area contributed by atoms with Crippen molar-refractivity contribution in [1.82, 2.24) is 19.7 Å². The Morgan fingerprint density at radius 1 is 1.00 bits per heavy atom. The first-order valence-electron chi connectivity index (χ1n) is 8.96. The van der Waals surface area contributed by atoms with Gasteiger partial charge >= 0.3 is 12.4 Å². The maximum Gasteiger partial charge on any atom is 0.573 e. The van der Waals surface area contributed by atoms with Crippen molar-refractivity contribution in [2.75, 3.05) is 10.6 Å². The van der Waals surface area contributed by atoms with Crippen LogP contribution in [0.5, 0.6) is 5.75 Å². The van der Waals surface area contributed by atoms with Crippen molar-refractivity contribution in [2.24, 2.45) is 7.05 Å². The Bertz CT molecular complexity index is 1260. The highest BCUT2D eigenvalue weighted by atomic mass is 19.4. The van der Waals surface area contributed by atoms with Crippen molar-refractivity contribution in [1.29, 1.82) is 0 Å². The van der Waals surface area contributed by atoms with E-state index >= 15 is 0 Å². The molecule has 0 spiro atoms.